The minimum Gasteiger partial charge on any atom is -0.352 e. The quantitative estimate of drug-likeness (QED) is 0.941. The van der Waals surface area contributed by atoms with Crippen LogP contribution in [0, 0.1) is 12.8 Å². The average Bonchev–Trinajstić information content (AvgIpc) is 3.25. The second kappa shape index (κ2) is 5.68. The van der Waals surface area contributed by atoms with E-state index >= 15 is 0 Å². The van der Waals surface area contributed by atoms with Gasteiger partial charge in [-0.25, -0.2) is 9.67 Å². The SMILES string of the molecule is Cc1c(C(=O)NCC2CC2)cnn1-c1ccc(C(F)(F)F)cn1. The molecule has 0 unspecified atom stereocenters. The lowest BCUT2D eigenvalue weighted by Crippen LogP contribution is -2.25. The largest absolute Gasteiger partial charge is 0.417 e. The van der Waals surface area contributed by atoms with Crippen LogP contribution in [0.25, 0.3) is 5.82 Å². The predicted octanol–water partition coefficient (Wildman–Crippen LogP) is 2.73. The molecule has 2 aromatic heterocycles. The number of nitrogens with zero attached hydrogens (tertiary/aromatic N) is 3. The van der Waals surface area contributed by atoms with Crippen molar-refractivity contribution in [1.29, 1.82) is 0 Å². The standard InChI is InChI=1S/C15H15F3N4O/c1-9-12(14(23)20-6-10-2-3-10)8-21-22(9)13-5-4-11(7-19-13)15(16,17)18/h4-5,7-8,10H,2-3,6H2,1H3,(H,20,23). The van der Waals surface area contributed by atoms with Crippen LogP contribution in [0.1, 0.15) is 34.5 Å². The van der Waals surface area contributed by atoms with E-state index in [4.69, 9.17) is 0 Å². The Morgan fingerprint density at radius 2 is 2.09 bits per heavy atom. The summed E-state index contributed by atoms with van der Waals surface area (Å²) in [7, 11) is 0. The molecular weight excluding hydrogens is 309 g/mol. The summed E-state index contributed by atoms with van der Waals surface area (Å²) in [5.41, 5.74) is 0.103. The molecule has 122 valence electrons. The van der Waals surface area contributed by atoms with Crippen LogP contribution in [0.5, 0.6) is 0 Å². The highest BCUT2D eigenvalue weighted by Crippen LogP contribution is 2.29. The summed E-state index contributed by atoms with van der Waals surface area (Å²) in [6.45, 7) is 2.32. The molecule has 0 atom stereocenters. The fourth-order valence-electron chi connectivity index (χ4n) is 2.20. The van der Waals surface area contributed by atoms with Crippen molar-refractivity contribution >= 4 is 5.91 Å². The highest BCUT2D eigenvalue weighted by atomic mass is 19.4. The maximum absolute atomic E-state index is 12.6. The first-order valence-corrected chi connectivity index (χ1v) is 7.22. The second-order valence-corrected chi connectivity index (χ2v) is 5.61. The van der Waals surface area contributed by atoms with Gasteiger partial charge in [0, 0.05) is 12.7 Å². The van der Waals surface area contributed by atoms with Crippen LogP contribution in [0.3, 0.4) is 0 Å². The Balaban J connectivity index is 1.79. The van der Waals surface area contributed by atoms with E-state index < -0.39 is 11.7 Å². The maximum Gasteiger partial charge on any atom is 0.417 e. The monoisotopic (exact) mass is 324 g/mol. The number of alkyl halides is 3. The molecule has 0 radical (unpaired) electrons. The molecule has 1 fully saturated rings. The van der Waals surface area contributed by atoms with Crippen LogP contribution in [0.2, 0.25) is 0 Å². The van der Waals surface area contributed by atoms with E-state index in [2.05, 4.69) is 15.4 Å². The Kier molecular flexibility index (Phi) is 3.83. The first-order chi connectivity index (χ1) is 10.9. The minimum absolute atomic E-state index is 0.229. The second-order valence-electron chi connectivity index (χ2n) is 5.61. The Labute approximate surface area is 130 Å². The van der Waals surface area contributed by atoms with Crippen LogP contribution in [0.4, 0.5) is 13.2 Å². The molecule has 1 saturated carbocycles. The third kappa shape index (κ3) is 3.35. The number of rotatable bonds is 4. The normalized spacial score (nSPS) is 14.8. The number of amides is 1. The minimum atomic E-state index is -4.43. The molecular formula is C15H15F3N4O. The fourth-order valence-corrected chi connectivity index (χ4v) is 2.20. The van der Waals surface area contributed by atoms with Gasteiger partial charge >= 0.3 is 6.18 Å². The lowest BCUT2D eigenvalue weighted by Gasteiger charge is -2.08. The molecule has 0 aliphatic heterocycles. The van der Waals surface area contributed by atoms with Gasteiger partial charge in [0.05, 0.1) is 23.0 Å². The van der Waals surface area contributed by atoms with Crippen LogP contribution in [-0.4, -0.2) is 27.2 Å². The van der Waals surface area contributed by atoms with Gasteiger partial charge in [-0.1, -0.05) is 0 Å². The molecule has 8 heteroatoms. The first-order valence-electron chi connectivity index (χ1n) is 7.22. The van der Waals surface area contributed by atoms with Gasteiger partial charge in [0.15, 0.2) is 5.82 Å². The molecule has 1 aliphatic carbocycles. The lowest BCUT2D eigenvalue weighted by atomic mass is 10.2. The van der Waals surface area contributed by atoms with E-state index in [1.807, 2.05) is 0 Å². The molecule has 1 N–H and O–H groups in total. The van der Waals surface area contributed by atoms with Crippen LogP contribution >= 0.6 is 0 Å². The smallest absolute Gasteiger partial charge is 0.352 e. The first kappa shape index (κ1) is 15.5. The van der Waals surface area contributed by atoms with Crippen molar-refractivity contribution in [2.24, 2.45) is 5.92 Å². The predicted molar refractivity (Wildman–Crippen MR) is 76.2 cm³/mol. The summed E-state index contributed by atoms with van der Waals surface area (Å²) in [5, 5.41) is 6.89. The Hall–Kier alpha value is -2.38. The zero-order chi connectivity index (χ0) is 16.6. The van der Waals surface area contributed by atoms with Gasteiger partial charge in [-0.3, -0.25) is 4.79 Å². The van der Waals surface area contributed by atoms with Crippen molar-refractivity contribution in [2.75, 3.05) is 6.54 Å². The molecule has 0 saturated heterocycles. The van der Waals surface area contributed by atoms with Crippen LogP contribution in [0.15, 0.2) is 24.5 Å². The zero-order valence-electron chi connectivity index (χ0n) is 12.4. The van der Waals surface area contributed by atoms with Crippen molar-refractivity contribution in [3.63, 3.8) is 0 Å². The van der Waals surface area contributed by atoms with Crippen molar-refractivity contribution in [3.8, 4) is 5.82 Å². The number of carbonyl (C=O) groups is 1. The molecule has 5 nitrogen and oxygen atoms in total. The van der Waals surface area contributed by atoms with Gasteiger partial charge in [0.2, 0.25) is 0 Å². The molecule has 2 heterocycles. The van der Waals surface area contributed by atoms with E-state index in [9.17, 15) is 18.0 Å². The van der Waals surface area contributed by atoms with E-state index in [0.29, 0.717) is 23.7 Å². The summed E-state index contributed by atoms with van der Waals surface area (Å²) < 4.78 is 39.0. The van der Waals surface area contributed by atoms with Gasteiger partial charge in [-0.05, 0) is 37.8 Å². The summed E-state index contributed by atoms with van der Waals surface area (Å²) in [5.74, 6) is 0.565. The highest BCUT2D eigenvalue weighted by molar-refractivity contribution is 5.95. The number of hydrogen-bond acceptors (Lipinski definition) is 3. The van der Waals surface area contributed by atoms with E-state index in [1.54, 1.807) is 6.92 Å². The number of nitrogens with one attached hydrogen (secondary N) is 1. The summed E-state index contributed by atoms with van der Waals surface area (Å²) in [4.78, 5) is 15.9. The fraction of sp³-hybridized carbons (Fsp3) is 0.400. The Bertz CT molecular complexity index is 717. The summed E-state index contributed by atoms with van der Waals surface area (Å²) in [6.07, 6.45) is -0.0131. The molecule has 0 bridgehead atoms. The van der Waals surface area contributed by atoms with Gasteiger partial charge in [-0.15, -0.1) is 0 Å². The van der Waals surface area contributed by atoms with Crippen molar-refractivity contribution in [3.05, 3.63) is 41.3 Å². The zero-order valence-corrected chi connectivity index (χ0v) is 12.4. The molecule has 0 spiro atoms. The number of hydrogen-bond donors (Lipinski definition) is 1. The van der Waals surface area contributed by atoms with Crippen molar-refractivity contribution < 1.29 is 18.0 Å². The Morgan fingerprint density at radius 3 is 2.65 bits per heavy atom. The van der Waals surface area contributed by atoms with Crippen LogP contribution < -0.4 is 5.32 Å². The topological polar surface area (TPSA) is 59.8 Å². The third-order valence-electron chi connectivity index (χ3n) is 3.79. The Morgan fingerprint density at radius 1 is 1.35 bits per heavy atom. The van der Waals surface area contributed by atoms with Gasteiger partial charge in [0.1, 0.15) is 0 Å². The number of pyridine rings is 1. The highest BCUT2D eigenvalue weighted by Gasteiger charge is 2.31. The van der Waals surface area contributed by atoms with Crippen LogP contribution in [-0.2, 0) is 6.18 Å². The molecule has 3 rings (SSSR count). The number of aromatic nitrogens is 3. The van der Waals surface area contributed by atoms with Crippen molar-refractivity contribution in [1.82, 2.24) is 20.1 Å². The molecule has 2 aromatic rings. The molecule has 0 aromatic carbocycles. The number of carbonyl (C=O) groups excluding carboxylic acids is 1. The lowest BCUT2D eigenvalue weighted by molar-refractivity contribution is -0.137. The molecule has 1 aliphatic rings. The number of halogens is 3. The van der Waals surface area contributed by atoms with Crippen molar-refractivity contribution in [2.45, 2.75) is 25.9 Å². The average molecular weight is 324 g/mol. The van der Waals surface area contributed by atoms with E-state index in [1.165, 1.54) is 16.9 Å². The maximum atomic E-state index is 12.6. The van der Waals surface area contributed by atoms with E-state index in [0.717, 1.165) is 25.1 Å². The van der Waals surface area contributed by atoms with Gasteiger partial charge in [-0.2, -0.15) is 18.3 Å². The van der Waals surface area contributed by atoms with Gasteiger partial charge < -0.3 is 5.32 Å². The van der Waals surface area contributed by atoms with E-state index in [-0.39, 0.29) is 11.7 Å². The van der Waals surface area contributed by atoms with Gasteiger partial charge in [0.25, 0.3) is 5.91 Å². The summed E-state index contributed by atoms with van der Waals surface area (Å²) >= 11 is 0. The third-order valence-corrected chi connectivity index (χ3v) is 3.79. The molecule has 23 heavy (non-hydrogen) atoms. The summed E-state index contributed by atoms with van der Waals surface area (Å²) in [6, 6.07) is 2.17. The molecule has 1 amide bonds.